The number of ketones is 1. The molecular formula is C18H16O4. The number of benzene rings is 2. The molecule has 0 aromatic heterocycles. The van der Waals surface area contributed by atoms with Crippen LogP contribution in [0.5, 0.6) is 17.2 Å². The van der Waals surface area contributed by atoms with Crippen molar-refractivity contribution in [3.05, 3.63) is 59.4 Å². The van der Waals surface area contributed by atoms with E-state index in [0.29, 0.717) is 11.3 Å². The zero-order valence-corrected chi connectivity index (χ0v) is 12.4. The highest BCUT2D eigenvalue weighted by Crippen LogP contribution is 2.34. The third-order valence-electron chi connectivity index (χ3n) is 3.20. The molecule has 1 aliphatic heterocycles. The number of aromatic hydroxyl groups is 1. The van der Waals surface area contributed by atoms with Crippen LogP contribution in [0.15, 0.2) is 48.2 Å². The van der Waals surface area contributed by atoms with Crippen molar-refractivity contribution in [3.8, 4) is 17.2 Å². The number of hydrogen-bond acceptors (Lipinski definition) is 4. The van der Waals surface area contributed by atoms with Crippen LogP contribution in [0.1, 0.15) is 29.8 Å². The summed E-state index contributed by atoms with van der Waals surface area (Å²) in [5, 5.41) is 9.44. The first-order valence-electron chi connectivity index (χ1n) is 7.07. The molecule has 3 rings (SSSR count). The van der Waals surface area contributed by atoms with Crippen molar-refractivity contribution < 1.29 is 19.4 Å². The Morgan fingerprint density at radius 1 is 1.14 bits per heavy atom. The van der Waals surface area contributed by atoms with Gasteiger partial charge in [-0.15, -0.1) is 0 Å². The fraction of sp³-hybridized carbons (Fsp3) is 0.167. The molecule has 4 heteroatoms. The van der Waals surface area contributed by atoms with Crippen LogP contribution in [0.2, 0.25) is 0 Å². The van der Waals surface area contributed by atoms with Crippen molar-refractivity contribution in [1.82, 2.24) is 0 Å². The van der Waals surface area contributed by atoms with Crippen LogP contribution in [0, 0.1) is 0 Å². The molecule has 112 valence electrons. The van der Waals surface area contributed by atoms with E-state index in [0.717, 1.165) is 11.3 Å². The summed E-state index contributed by atoms with van der Waals surface area (Å²) in [5.74, 6) is 1.30. The largest absolute Gasteiger partial charge is 0.508 e. The number of allylic oxidation sites excluding steroid dienone is 1. The highest BCUT2D eigenvalue weighted by atomic mass is 16.5. The predicted octanol–water partition coefficient (Wildman–Crippen LogP) is 3.80. The second kappa shape index (κ2) is 5.56. The van der Waals surface area contributed by atoms with E-state index in [1.807, 2.05) is 38.1 Å². The number of carbonyl (C=O) groups excluding carboxylic acids is 1. The minimum atomic E-state index is -0.183. The summed E-state index contributed by atoms with van der Waals surface area (Å²) in [6, 6.07) is 11.9. The Labute approximate surface area is 128 Å². The number of phenols is 1. The summed E-state index contributed by atoms with van der Waals surface area (Å²) in [5.41, 5.74) is 1.31. The third kappa shape index (κ3) is 2.81. The Kier molecular flexibility index (Phi) is 3.59. The fourth-order valence-electron chi connectivity index (χ4n) is 2.24. The van der Waals surface area contributed by atoms with E-state index in [1.165, 1.54) is 12.1 Å². The molecule has 0 bridgehead atoms. The molecule has 0 aliphatic carbocycles. The maximum Gasteiger partial charge on any atom is 0.231 e. The molecule has 4 nitrogen and oxygen atoms in total. The first-order chi connectivity index (χ1) is 10.5. The highest BCUT2D eigenvalue weighted by Gasteiger charge is 2.27. The summed E-state index contributed by atoms with van der Waals surface area (Å²) in [6.45, 7) is 3.93. The van der Waals surface area contributed by atoms with Gasteiger partial charge in [-0.05, 0) is 49.8 Å². The van der Waals surface area contributed by atoms with Crippen molar-refractivity contribution in [2.75, 3.05) is 0 Å². The monoisotopic (exact) mass is 296 g/mol. The van der Waals surface area contributed by atoms with Gasteiger partial charge in [-0.2, -0.15) is 0 Å². The Bertz CT molecular complexity index is 742. The van der Waals surface area contributed by atoms with E-state index in [4.69, 9.17) is 9.47 Å². The zero-order chi connectivity index (χ0) is 15.7. The number of phenolic OH excluding ortho intramolecular Hbond substituents is 1. The highest BCUT2D eigenvalue weighted by molar-refractivity contribution is 6.14. The summed E-state index contributed by atoms with van der Waals surface area (Å²) < 4.78 is 11.1. The molecule has 22 heavy (non-hydrogen) atoms. The molecule has 2 aromatic rings. The van der Waals surface area contributed by atoms with Gasteiger partial charge in [-0.3, -0.25) is 4.79 Å². The lowest BCUT2D eigenvalue weighted by Gasteiger charge is -2.09. The summed E-state index contributed by atoms with van der Waals surface area (Å²) in [4.78, 5) is 12.2. The first-order valence-corrected chi connectivity index (χ1v) is 7.07. The van der Waals surface area contributed by atoms with Crippen molar-refractivity contribution in [2.24, 2.45) is 0 Å². The summed E-state index contributed by atoms with van der Waals surface area (Å²) in [7, 11) is 0. The van der Waals surface area contributed by atoms with Gasteiger partial charge in [0, 0.05) is 6.07 Å². The summed E-state index contributed by atoms with van der Waals surface area (Å²) in [6.07, 6.45) is 1.80. The zero-order valence-electron chi connectivity index (χ0n) is 12.4. The minimum Gasteiger partial charge on any atom is -0.508 e. The van der Waals surface area contributed by atoms with Gasteiger partial charge in [0.05, 0.1) is 11.7 Å². The lowest BCUT2D eigenvalue weighted by atomic mass is 10.1. The van der Waals surface area contributed by atoms with Crippen molar-refractivity contribution >= 4 is 11.9 Å². The van der Waals surface area contributed by atoms with E-state index in [-0.39, 0.29) is 23.4 Å². The Morgan fingerprint density at radius 3 is 2.55 bits per heavy atom. The molecule has 1 N–H and O–H groups in total. The number of rotatable bonds is 3. The fourth-order valence-corrected chi connectivity index (χ4v) is 2.24. The molecule has 1 heterocycles. The first kappa shape index (κ1) is 14.2. The van der Waals surface area contributed by atoms with E-state index >= 15 is 0 Å². The topological polar surface area (TPSA) is 55.8 Å². The lowest BCUT2D eigenvalue weighted by Crippen LogP contribution is -2.05. The van der Waals surface area contributed by atoms with E-state index < -0.39 is 0 Å². The second-order valence-corrected chi connectivity index (χ2v) is 5.36. The molecule has 0 fully saturated rings. The van der Waals surface area contributed by atoms with Crippen molar-refractivity contribution in [3.63, 3.8) is 0 Å². The van der Waals surface area contributed by atoms with Gasteiger partial charge in [0.1, 0.15) is 17.2 Å². The van der Waals surface area contributed by atoms with Gasteiger partial charge in [-0.1, -0.05) is 12.1 Å². The normalized spacial score (nSPS) is 15.0. The molecule has 0 atom stereocenters. The molecule has 2 aromatic carbocycles. The lowest BCUT2D eigenvalue weighted by molar-refractivity contribution is 0.101. The Balaban J connectivity index is 1.83. The van der Waals surface area contributed by atoms with E-state index in [1.54, 1.807) is 12.1 Å². The van der Waals surface area contributed by atoms with Gasteiger partial charge in [0.15, 0.2) is 5.76 Å². The number of fused-ring (bicyclic) bond motifs is 1. The molecule has 0 saturated carbocycles. The van der Waals surface area contributed by atoms with Gasteiger partial charge < -0.3 is 14.6 Å². The van der Waals surface area contributed by atoms with Crippen LogP contribution < -0.4 is 9.47 Å². The molecule has 1 aliphatic rings. The van der Waals surface area contributed by atoms with Crippen LogP contribution >= 0.6 is 0 Å². The second-order valence-electron chi connectivity index (χ2n) is 5.36. The number of Topliss-reactive ketones (excluding diaryl/α,β-unsaturated/α-hetero) is 1. The molecule has 0 spiro atoms. The van der Waals surface area contributed by atoms with Crippen molar-refractivity contribution in [1.29, 1.82) is 0 Å². The standard InChI is InChI=1S/C18H16O4/c1-11(2)21-14-6-3-12(4-7-14)9-17-18(20)15-8-5-13(19)10-16(15)22-17/h3-11,19H,1-2H3/b17-9-. The molecule has 0 unspecified atom stereocenters. The molecule has 0 saturated heterocycles. The van der Waals surface area contributed by atoms with Crippen LogP contribution in [-0.2, 0) is 0 Å². The third-order valence-corrected chi connectivity index (χ3v) is 3.20. The average Bonchev–Trinajstić information content (AvgIpc) is 2.76. The van der Waals surface area contributed by atoms with E-state index in [9.17, 15) is 9.90 Å². The van der Waals surface area contributed by atoms with Gasteiger partial charge in [0.2, 0.25) is 5.78 Å². The maximum atomic E-state index is 12.2. The number of ether oxygens (including phenoxy) is 2. The van der Waals surface area contributed by atoms with Crippen LogP contribution in [0.25, 0.3) is 6.08 Å². The van der Waals surface area contributed by atoms with Gasteiger partial charge in [0.25, 0.3) is 0 Å². The minimum absolute atomic E-state index is 0.0722. The van der Waals surface area contributed by atoms with Gasteiger partial charge >= 0.3 is 0 Å². The molecule has 0 amide bonds. The Hall–Kier alpha value is -2.75. The van der Waals surface area contributed by atoms with E-state index in [2.05, 4.69) is 0 Å². The number of hydrogen-bond donors (Lipinski definition) is 1. The Morgan fingerprint density at radius 2 is 1.86 bits per heavy atom. The predicted molar refractivity (Wildman–Crippen MR) is 83.2 cm³/mol. The van der Waals surface area contributed by atoms with Crippen molar-refractivity contribution in [2.45, 2.75) is 20.0 Å². The molecule has 0 radical (unpaired) electrons. The van der Waals surface area contributed by atoms with Crippen LogP contribution in [0.3, 0.4) is 0 Å². The smallest absolute Gasteiger partial charge is 0.231 e. The average molecular weight is 296 g/mol. The quantitative estimate of drug-likeness (QED) is 0.875. The van der Waals surface area contributed by atoms with Crippen LogP contribution in [0.4, 0.5) is 0 Å². The SMILES string of the molecule is CC(C)Oc1ccc(/C=C2\Oc3cc(O)ccc3C2=O)cc1. The molecular weight excluding hydrogens is 280 g/mol. The van der Waals surface area contributed by atoms with Gasteiger partial charge in [-0.25, -0.2) is 0 Å². The number of carbonyl (C=O) groups is 1. The summed E-state index contributed by atoms with van der Waals surface area (Å²) >= 11 is 0. The maximum absolute atomic E-state index is 12.2. The van der Waals surface area contributed by atoms with Crippen LogP contribution in [-0.4, -0.2) is 17.0 Å².